The molecule has 2 rings (SSSR count). The Kier molecular flexibility index (Phi) is 5.82. The molecule has 0 aromatic carbocycles. The zero-order valence-corrected chi connectivity index (χ0v) is 14.2. The number of halogens is 1. The Hall–Kier alpha value is -1.82. The van der Waals surface area contributed by atoms with E-state index in [1.165, 1.54) is 11.0 Å². The molecule has 2 heterocycles. The molecule has 1 aromatic heterocycles. The van der Waals surface area contributed by atoms with Crippen molar-refractivity contribution in [1.29, 1.82) is 0 Å². The number of rotatable bonds is 6. The van der Waals surface area contributed by atoms with E-state index in [-0.39, 0.29) is 5.91 Å². The fourth-order valence-corrected chi connectivity index (χ4v) is 3.07. The minimum atomic E-state index is -0.953. The number of carbonyl (C=O) groups is 2. The van der Waals surface area contributed by atoms with E-state index < -0.39 is 12.0 Å². The highest BCUT2D eigenvalue weighted by Gasteiger charge is 2.32. The summed E-state index contributed by atoms with van der Waals surface area (Å²) < 4.78 is 1.74. The molecule has 1 aliphatic rings. The first-order valence-electron chi connectivity index (χ1n) is 7.90. The summed E-state index contributed by atoms with van der Waals surface area (Å²) in [7, 11) is 0. The quantitative estimate of drug-likeness (QED) is 0.808. The van der Waals surface area contributed by atoms with Crippen molar-refractivity contribution in [3.63, 3.8) is 0 Å². The van der Waals surface area contributed by atoms with Crippen LogP contribution >= 0.6 is 11.6 Å². The third-order valence-electron chi connectivity index (χ3n) is 4.05. The number of aryl methyl sites for hydroxylation is 2. The van der Waals surface area contributed by atoms with Crippen LogP contribution in [-0.4, -0.2) is 44.3 Å². The topological polar surface area (TPSA) is 75.4 Å². The molecule has 0 aliphatic carbocycles. The van der Waals surface area contributed by atoms with Crippen molar-refractivity contribution in [2.24, 2.45) is 0 Å². The molecule has 1 aliphatic heterocycles. The molecule has 0 bridgehead atoms. The number of amides is 1. The summed E-state index contributed by atoms with van der Waals surface area (Å²) in [6, 6.07) is -0.726. The van der Waals surface area contributed by atoms with Gasteiger partial charge in [-0.2, -0.15) is 5.10 Å². The highest BCUT2D eigenvalue weighted by molar-refractivity contribution is 6.31. The fraction of sp³-hybridized carbons (Fsp3) is 0.562. The van der Waals surface area contributed by atoms with E-state index in [0.29, 0.717) is 30.1 Å². The second kappa shape index (κ2) is 7.64. The number of carboxylic acid groups (broad SMARTS) is 1. The third kappa shape index (κ3) is 3.93. The van der Waals surface area contributed by atoms with Gasteiger partial charge in [0.15, 0.2) is 0 Å². The maximum atomic E-state index is 12.2. The zero-order valence-electron chi connectivity index (χ0n) is 13.5. The summed E-state index contributed by atoms with van der Waals surface area (Å²) in [6.45, 7) is 5.15. The molecule has 1 saturated heterocycles. The Balaban J connectivity index is 2.12. The normalized spacial score (nSPS) is 18.0. The number of hydrogen-bond donors (Lipinski definition) is 1. The van der Waals surface area contributed by atoms with Crippen LogP contribution in [0.3, 0.4) is 0 Å². The molecule has 6 nitrogen and oxygen atoms in total. The lowest BCUT2D eigenvalue weighted by molar-refractivity contribution is -0.146. The first kappa shape index (κ1) is 17.5. The van der Waals surface area contributed by atoms with Gasteiger partial charge in [0, 0.05) is 24.7 Å². The van der Waals surface area contributed by atoms with Gasteiger partial charge in [0.1, 0.15) is 11.2 Å². The van der Waals surface area contributed by atoms with Gasteiger partial charge in [0.05, 0.1) is 5.69 Å². The molecule has 1 fully saturated rings. The van der Waals surface area contributed by atoms with Crippen LogP contribution in [0.5, 0.6) is 0 Å². The van der Waals surface area contributed by atoms with Crippen LogP contribution in [0.25, 0.3) is 6.08 Å². The van der Waals surface area contributed by atoms with Gasteiger partial charge in [-0.3, -0.25) is 9.48 Å². The molecule has 1 N–H and O–H groups in total. The van der Waals surface area contributed by atoms with Crippen molar-refractivity contribution in [2.75, 3.05) is 6.54 Å². The SMILES string of the molecule is CCCCn1nc(C)c(C=CC(=O)N2CCCC2C(=O)O)c1Cl. The second-order valence-corrected chi connectivity index (χ2v) is 6.09. The van der Waals surface area contributed by atoms with Crippen LogP contribution in [0.15, 0.2) is 6.08 Å². The number of aromatic nitrogens is 2. The maximum Gasteiger partial charge on any atom is 0.326 e. The average molecular weight is 340 g/mol. The summed E-state index contributed by atoms with van der Waals surface area (Å²) >= 11 is 6.32. The van der Waals surface area contributed by atoms with Crippen molar-refractivity contribution in [1.82, 2.24) is 14.7 Å². The number of hydrogen-bond acceptors (Lipinski definition) is 3. The summed E-state index contributed by atoms with van der Waals surface area (Å²) in [5.74, 6) is -1.25. The Morgan fingerprint density at radius 2 is 2.22 bits per heavy atom. The molecule has 1 amide bonds. The Bertz CT molecular complexity index is 624. The minimum Gasteiger partial charge on any atom is -0.480 e. The smallest absolute Gasteiger partial charge is 0.326 e. The van der Waals surface area contributed by atoms with E-state index in [1.54, 1.807) is 10.8 Å². The molecule has 0 saturated carbocycles. The lowest BCUT2D eigenvalue weighted by atomic mass is 10.2. The fourth-order valence-electron chi connectivity index (χ4n) is 2.75. The summed E-state index contributed by atoms with van der Waals surface area (Å²) in [4.78, 5) is 24.8. The summed E-state index contributed by atoms with van der Waals surface area (Å²) in [5.41, 5.74) is 1.47. The molecular formula is C16H22ClN3O3. The van der Waals surface area contributed by atoms with Crippen LogP contribution < -0.4 is 0 Å². The predicted molar refractivity (Wildman–Crippen MR) is 88.3 cm³/mol. The van der Waals surface area contributed by atoms with E-state index >= 15 is 0 Å². The molecule has 1 atom stereocenters. The molecule has 23 heavy (non-hydrogen) atoms. The Labute approximate surface area is 140 Å². The Morgan fingerprint density at radius 3 is 2.87 bits per heavy atom. The van der Waals surface area contributed by atoms with Crippen LogP contribution in [0, 0.1) is 6.92 Å². The van der Waals surface area contributed by atoms with Gasteiger partial charge in [0.25, 0.3) is 0 Å². The second-order valence-electron chi connectivity index (χ2n) is 5.73. The van der Waals surface area contributed by atoms with Gasteiger partial charge in [-0.1, -0.05) is 24.9 Å². The van der Waals surface area contributed by atoms with Gasteiger partial charge < -0.3 is 10.0 Å². The molecule has 1 aromatic rings. The molecule has 0 spiro atoms. The number of carboxylic acids is 1. The maximum absolute atomic E-state index is 12.2. The molecule has 7 heteroatoms. The highest BCUT2D eigenvalue weighted by atomic mass is 35.5. The van der Waals surface area contributed by atoms with Crippen LogP contribution in [0.4, 0.5) is 0 Å². The van der Waals surface area contributed by atoms with Crippen LogP contribution in [-0.2, 0) is 16.1 Å². The first-order valence-corrected chi connectivity index (χ1v) is 8.27. The van der Waals surface area contributed by atoms with Crippen molar-refractivity contribution in [3.05, 3.63) is 22.5 Å². The third-order valence-corrected chi connectivity index (χ3v) is 4.45. The van der Waals surface area contributed by atoms with Gasteiger partial charge in [-0.15, -0.1) is 0 Å². The number of aliphatic carboxylic acids is 1. The Morgan fingerprint density at radius 1 is 1.48 bits per heavy atom. The first-order chi connectivity index (χ1) is 11.0. The van der Waals surface area contributed by atoms with E-state index in [4.69, 9.17) is 16.7 Å². The summed E-state index contributed by atoms with van der Waals surface area (Å²) in [5, 5.41) is 14.0. The van der Waals surface area contributed by atoms with Crippen molar-refractivity contribution < 1.29 is 14.7 Å². The lowest BCUT2D eigenvalue weighted by Gasteiger charge is -2.19. The summed E-state index contributed by atoms with van der Waals surface area (Å²) in [6.07, 6.45) is 6.27. The van der Waals surface area contributed by atoms with Crippen LogP contribution in [0.1, 0.15) is 43.9 Å². The van der Waals surface area contributed by atoms with E-state index in [2.05, 4.69) is 12.0 Å². The standard InChI is InChI=1S/C16H22ClN3O3/c1-3-4-10-20-15(17)12(11(2)18-20)7-8-14(21)19-9-5-6-13(19)16(22)23/h7-8,13H,3-6,9-10H2,1-2H3,(H,22,23). The number of unbranched alkanes of at least 4 members (excludes halogenated alkanes) is 1. The van der Waals surface area contributed by atoms with E-state index in [0.717, 1.165) is 25.1 Å². The van der Waals surface area contributed by atoms with Crippen molar-refractivity contribution in [3.8, 4) is 0 Å². The van der Waals surface area contributed by atoms with E-state index in [1.807, 2.05) is 6.92 Å². The van der Waals surface area contributed by atoms with Gasteiger partial charge in [0.2, 0.25) is 5.91 Å². The van der Waals surface area contributed by atoms with Gasteiger partial charge >= 0.3 is 5.97 Å². The zero-order chi connectivity index (χ0) is 17.0. The van der Waals surface area contributed by atoms with Crippen molar-refractivity contribution >= 4 is 29.6 Å². The van der Waals surface area contributed by atoms with Crippen molar-refractivity contribution in [2.45, 2.75) is 52.1 Å². The van der Waals surface area contributed by atoms with Gasteiger partial charge in [-0.25, -0.2) is 4.79 Å². The molecule has 126 valence electrons. The molecule has 0 radical (unpaired) electrons. The number of likely N-dealkylation sites (tertiary alicyclic amines) is 1. The number of nitrogens with zero attached hydrogens (tertiary/aromatic N) is 3. The van der Waals surface area contributed by atoms with Crippen LogP contribution in [0.2, 0.25) is 5.15 Å². The largest absolute Gasteiger partial charge is 0.480 e. The molecular weight excluding hydrogens is 318 g/mol. The van der Waals surface area contributed by atoms with Gasteiger partial charge in [-0.05, 0) is 32.3 Å². The molecule has 1 unspecified atom stereocenters. The predicted octanol–water partition coefficient (Wildman–Crippen LogP) is 2.73. The minimum absolute atomic E-state index is 0.299. The average Bonchev–Trinajstić information content (AvgIpc) is 3.09. The monoisotopic (exact) mass is 339 g/mol. The number of carbonyl (C=O) groups excluding carboxylic acids is 1. The lowest BCUT2D eigenvalue weighted by Crippen LogP contribution is -2.39. The van der Waals surface area contributed by atoms with E-state index in [9.17, 15) is 9.59 Å². The highest BCUT2D eigenvalue weighted by Crippen LogP contribution is 2.23.